The van der Waals surface area contributed by atoms with Gasteiger partial charge < -0.3 is 4.74 Å². The molecule has 1 atom stereocenters. The number of hydrogen-bond acceptors (Lipinski definition) is 4. The third-order valence-electron chi connectivity index (χ3n) is 2.54. The molecule has 1 aromatic rings. The first kappa shape index (κ1) is 12.7. The zero-order valence-electron chi connectivity index (χ0n) is 10.0. The van der Waals surface area contributed by atoms with Crippen molar-refractivity contribution in [3.63, 3.8) is 0 Å². The molecule has 0 aromatic carbocycles. The van der Waals surface area contributed by atoms with Crippen LogP contribution < -0.4 is 5.48 Å². The van der Waals surface area contributed by atoms with Crippen molar-refractivity contribution in [3.05, 3.63) is 36.2 Å². The normalized spacial score (nSPS) is 19.9. The predicted octanol–water partition coefficient (Wildman–Crippen LogP) is 1.67. The summed E-state index contributed by atoms with van der Waals surface area (Å²) in [6, 6.07) is 3.67. The molecule has 0 bridgehead atoms. The largest absolute Gasteiger partial charge is 0.350 e. The minimum atomic E-state index is -0.325. The van der Waals surface area contributed by atoms with E-state index in [1.54, 1.807) is 18.5 Å². The van der Waals surface area contributed by atoms with Crippen LogP contribution in [-0.2, 0) is 14.4 Å². The summed E-state index contributed by atoms with van der Waals surface area (Å²) < 4.78 is 5.32. The maximum atomic E-state index is 11.5. The standard InChI is InChI=1S/C13H16N2O3/c16-12(7-6-11-4-3-8-14-10-11)15-18-13-5-1-2-9-17-13/h3-4,6-8,10,13H,1-2,5,9H2,(H,15,16)/b7-6+. The first-order chi connectivity index (χ1) is 8.84. The Morgan fingerprint density at radius 2 is 2.50 bits per heavy atom. The van der Waals surface area contributed by atoms with Crippen molar-refractivity contribution in [3.8, 4) is 0 Å². The Kier molecular flexibility index (Phi) is 4.87. The number of hydroxylamine groups is 1. The summed E-state index contributed by atoms with van der Waals surface area (Å²) in [5.74, 6) is -0.312. The molecule has 0 saturated carbocycles. The lowest BCUT2D eigenvalue weighted by atomic mass is 10.2. The molecule has 0 spiro atoms. The second-order valence-corrected chi connectivity index (χ2v) is 4.00. The zero-order chi connectivity index (χ0) is 12.6. The van der Waals surface area contributed by atoms with Gasteiger partial charge in [-0.3, -0.25) is 9.78 Å². The Hall–Kier alpha value is -1.72. The third-order valence-corrected chi connectivity index (χ3v) is 2.54. The van der Waals surface area contributed by atoms with Crippen molar-refractivity contribution in [1.82, 2.24) is 10.5 Å². The van der Waals surface area contributed by atoms with Crippen molar-refractivity contribution in [2.75, 3.05) is 6.61 Å². The van der Waals surface area contributed by atoms with E-state index < -0.39 is 0 Å². The minimum absolute atomic E-state index is 0.312. The van der Waals surface area contributed by atoms with E-state index in [1.165, 1.54) is 6.08 Å². The number of pyridine rings is 1. The summed E-state index contributed by atoms with van der Waals surface area (Å²) in [5, 5.41) is 0. The van der Waals surface area contributed by atoms with Gasteiger partial charge in [-0.25, -0.2) is 10.3 Å². The smallest absolute Gasteiger partial charge is 0.267 e. The molecule has 1 aliphatic rings. The second-order valence-electron chi connectivity index (χ2n) is 4.00. The van der Waals surface area contributed by atoms with Crippen LogP contribution in [0.25, 0.3) is 6.08 Å². The second kappa shape index (κ2) is 6.88. The van der Waals surface area contributed by atoms with Crippen LogP contribution in [0.2, 0.25) is 0 Å². The van der Waals surface area contributed by atoms with Crippen molar-refractivity contribution in [2.45, 2.75) is 25.6 Å². The summed E-state index contributed by atoms with van der Waals surface area (Å²) in [7, 11) is 0. The molecule has 1 fully saturated rings. The maximum absolute atomic E-state index is 11.5. The van der Waals surface area contributed by atoms with Crippen molar-refractivity contribution in [1.29, 1.82) is 0 Å². The molecule has 1 saturated heterocycles. The molecular weight excluding hydrogens is 232 g/mol. The van der Waals surface area contributed by atoms with Crippen LogP contribution in [0.5, 0.6) is 0 Å². The first-order valence-corrected chi connectivity index (χ1v) is 6.00. The average Bonchev–Trinajstić information content (AvgIpc) is 2.45. The zero-order valence-corrected chi connectivity index (χ0v) is 10.0. The number of carbonyl (C=O) groups is 1. The Morgan fingerprint density at radius 3 is 3.22 bits per heavy atom. The van der Waals surface area contributed by atoms with Gasteiger partial charge in [0.1, 0.15) is 0 Å². The van der Waals surface area contributed by atoms with E-state index in [4.69, 9.17) is 9.57 Å². The summed E-state index contributed by atoms with van der Waals surface area (Å²) in [5.41, 5.74) is 3.21. The van der Waals surface area contributed by atoms with Crippen molar-refractivity contribution in [2.24, 2.45) is 0 Å². The van der Waals surface area contributed by atoms with Gasteiger partial charge in [0.25, 0.3) is 5.91 Å². The highest BCUT2D eigenvalue weighted by Gasteiger charge is 2.14. The molecule has 96 valence electrons. The summed E-state index contributed by atoms with van der Waals surface area (Å²) in [6.45, 7) is 0.687. The fourth-order valence-corrected chi connectivity index (χ4v) is 1.61. The Morgan fingerprint density at radius 1 is 1.56 bits per heavy atom. The lowest BCUT2D eigenvalue weighted by Gasteiger charge is -2.21. The molecule has 1 amide bonds. The molecule has 1 aliphatic heterocycles. The van der Waals surface area contributed by atoms with E-state index in [2.05, 4.69) is 10.5 Å². The number of aromatic nitrogens is 1. The fourth-order valence-electron chi connectivity index (χ4n) is 1.61. The molecule has 0 aliphatic carbocycles. The van der Waals surface area contributed by atoms with Crippen LogP contribution in [0.4, 0.5) is 0 Å². The quantitative estimate of drug-likeness (QED) is 0.650. The molecule has 2 heterocycles. The molecular formula is C13H16N2O3. The van der Waals surface area contributed by atoms with Crippen molar-refractivity contribution >= 4 is 12.0 Å². The van der Waals surface area contributed by atoms with Crippen LogP contribution in [0.1, 0.15) is 24.8 Å². The van der Waals surface area contributed by atoms with Crippen LogP contribution >= 0.6 is 0 Å². The Balaban J connectivity index is 1.73. The van der Waals surface area contributed by atoms with E-state index in [-0.39, 0.29) is 12.2 Å². The highest BCUT2D eigenvalue weighted by atomic mass is 16.8. The van der Waals surface area contributed by atoms with E-state index in [0.29, 0.717) is 6.61 Å². The van der Waals surface area contributed by atoms with Gasteiger partial charge in [-0.15, -0.1) is 0 Å². The number of nitrogens with one attached hydrogen (secondary N) is 1. The highest BCUT2D eigenvalue weighted by molar-refractivity contribution is 5.90. The number of carbonyl (C=O) groups excluding carboxylic acids is 1. The molecule has 2 rings (SSSR count). The predicted molar refractivity (Wildman–Crippen MR) is 66.1 cm³/mol. The van der Waals surface area contributed by atoms with E-state index in [0.717, 1.165) is 24.8 Å². The molecule has 1 unspecified atom stereocenters. The maximum Gasteiger partial charge on any atom is 0.267 e. The monoisotopic (exact) mass is 248 g/mol. The highest BCUT2D eigenvalue weighted by Crippen LogP contribution is 2.12. The number of nitrogens with zero attached hydrogens (tertiary/aromatic N) is 1. The van der Waals surface area contributed by atoms with Gasteiger partial charge in [-0.05, 0) is 30.5 Å². The lowest BCUT2D eigenvalue weighted by Crippen LogP contribution is -2.32. The molecule has 5 heteroatoms. The summed E-state index contributed by atoms with van der Waals surface area (Å²) >= 11 is 0. The van der Waals surface area contributed by atoms with Crippen LogP contribution in [0.3, 0.4) is 0 Å². The van der Waals surface area contributed by atoms with Crippen molar-refractivity contribution < 1.29 is 14.4 Å². The van der Waals surface area contributed by atoms with Crippen LogP contribution in [0, 0.1) is 0 Å². The van der Waals surface area contributed by atoms with Gasteiger partial charge in [0.2, 0.25) is 0 Å². The van der Waals surface area contributed by atoms with Crippen LogP contribution in [-0.4, -0.2) is 23.8 Å². The van der Waals surface area contributed by atoms with Gasteiger partial charge in [-0.2, -0.15) is 0 Å². The SMILES string of the molecule is O=C(/C=C/c1cccnc1)NOC1CCCCO1. The number of ether oxygens (including phenoxy) is 1. The van der Waals surface area contributed by atoms with E-state index in [1.807, 2.05) is 12.1 Å². The first-order valence-electron chi connectivity index (χ1n) is 6.00. The molecule has 1 N–H and O–H groups in total. The van der Waals surface area contributed by atoms with Crippen LogP contribution in [0.15, 0.2) is 30.6 Å². The fraction of sp³-hybridized carbons (Fsp3) is 0.385. The van der Waals surface area contributed by atoms with Gasteiger partial charge >= 0.3 is 0 Å². The minimum Gasteiger partial charge on any atom is -0.350 e. The lowest BCUT2D eigenvalue weighted by molar-refractivity contribution is -0.198. The molecule has 5 nitrogen and oxygen atoms in total. The third kappa shape index (κ3) is 4.27. The molecule has 0 radical (unpaired) electrons. The number of hydrogen-bond donors (Lipinski definition) is 1. The van der Waals surface area contributed by atoms with E-state index in [9.17, 15) is 4.79 Å². The van der Waals surface area contributed by atoms with Gasteiger partial charge in [0, 0.05) is 31.5 Å². The van der Waals surface area contributed by atoms with E-state index >= 15 is 0 Å². The number of rotatable bonds is 4. The van der Waals surface area contributed by atoms with Gasteiger partial charge in [0.15, 0.2) is 6.29 Å². The molecule has 1 aromatic heterocycles. The Labute approximate surface area is 106 Å². The van der Waals surface area contributed by atoms with Gasteiger partial charge in [0.05, 0.1) is 0 Å². The summed E-state index contributed by atoms with van der Waals surface area (Å²) in [4.78, 5) is 20.6. The van der Waals surface area contributed by atoms with Gasteiger partial charge in [-0.1, -0.05) is 6.07 Å². The average molecular weight is 248 g/mol. The topological polar surface area (TPSA) is 60.5 Å². The summed E-state index contributed by atoms with van der Waals surface area (Å²) in [6.07, 6.45) is 9.03. The number of amides is 1. The molecule has 18 heavy (non-hydrogen) atoms. The Bertz CT molecular complexity index is 400.